The minimum Gasteiger partial charge on any atom is -0.393 e. The van der Waals surface area contributed by atoms with E-state index < -0.39 is 0 Å². The highest BCUT2D eigenvalue weighted by Crippen LogP contribution is 2.10. The maximum absolute atomic E-state index is 9.26. The standard InChI is InChI=1S/C10H16O/c1-4-7-9(5-2)8-10(11)6-3/h4,10-11H,1-2,6-8H2,3H3/t10-/m1/s1. The number of allylic oxidation sites excluding steroid dienone is 1. The molecule has 0 spiro atoms. The highest BCUT2D eigenvalue weighted by atomic mass is 16.3. The number of rotatable bonds is 5. The van der Waals surface area contributed by atoms with Crippen molar-refractivity contribution >= 4 is 0 Å². The average molecular weight is 152 g/mol. The van der Waals surface area contributed by atoms with Crippen molar-refractivity contribution in [3.63, 3.8) is 0 Å². The van der Waals surface area contributed by atoms with Gasteiger partial charge in [0.2, 0.25) is 0 Å². The summed E-state index contributed by atoms with van der Waals surface area (Å²) < 4.78 is 0. The van der Waals surface area contributed by atoms with Gasteiger partial charge >= 0.3 is 0 Å². The summed E-state index contributed by atoms with van der Waals surface area (Å²) in [5, 5.41) is 9.26. The lowest BCUT2D eigenvalue weighted by atomic mass is 10.0. The summed E-state index contributed by atoms with van der Waals surface area (Å²) in [4.78, 5) is 0. The molecule has 1 N–H and O–H groups in total. The van der Waals surface area contributed by atoms with Crippen LogP contribution in [0.2, 0.25) is 0 Å². The largest absolute Gasteiger partial charge is 0.393 e. The molecule has 1 atom stereocenters. The van der Waals surface area contributed by atoms with Gasteiger partial charge in [-0.3, -0.25) is 0 Å². The monoisotopic (exact) mass is 152 g/mol. The molecule has 62 valence electrons. The molecule has 0 aromatic carbocycles. The Morgan fingerprint density at radius 2 is 2.36 bits per heavy atom. The van der Waals surface area contributed by atoms with Crippen LogP contribution in [0, 0.1) is 0 Å². The van der Waals surface area contributed by atoms with Gasteiger partial charge < -0.3 is 5.11 Å². The lowest BCUT2D eigenvalue weighted by Crippen LogP contribution is -2.04. The van der Waals surface area contributed by atoms with Crippen molar-refractivity contribution in [2.24, 2.45) is 0 Å². The summed E-state index contributed by atoms with van der Waals surface area (Å²) in [6.45, 7) is 9.11. The van der Waals surface area contributed by atoms with Crippen LogP contribution in [0.4, 0.5) is 0 Å². The zero-order chi connectivity index (χ0) is 8.69. The zero-order valence-electron chi connectivity index (χ0n) is 7.14. The van der Waals surface area contributed by atoms with Gasteiger partial charge in [-0.15, -0.1) is 12.3 Å². The van der Waals surface area contributed by atoms with Crippen LogP contribution in [0.5, 0.6) is 0 Å². The summed E-state index contributed by atoms with van der Waals surface area (Å²) >= 11 is 0. The van der Waals surface area contributed by atoms with Crippen LogP contribution in [0.15, 0.2) is 30.5 Å². The third kappa shape index (κ3) is 4.60. The van der Waals surface area contributed by atoms with E-state index in [4.69, 9.17) is 0 Å². The molecule has 0 unspecified atom stereocenters. The van der Waals surface area contributed by atoms with Gasteiger partial charge in [0.05, 0.1) is 6.10 Å². The van der Waals surface area contributed by atoms with E-state index in [0.29, 0.717) is 6.42 Å². The maximum atomic E-state index is 9.26. The van der Waals surface area contributed by atoms with E-state index in [1.165, 1.54) is 0 Å². The van der Waals surface area contributed by atoms with E-state index in [1.807, 2.05) is 6.92 Å². The molecule has 0 rings (SSSR count). The Kier molecular flexibility index (Phi) is 5.54. The first-order valence-corrected chi connectivity index (χ1v) is 3.91. The molecular formula is C10H16O. The Hall–Kier alpha value is -0.780. The van der Waals surface area contributed by atoms with E-state index in [-0.39, 0.29) is 6.10 Å². The maximum Gasteiger partial charge on any atom is 0.0580 e. The number of aliphatic hydroxyl groups excluding tert-OH is 1. The van der Waals surface area contributed by atoms with Crippen molar-refractivity contribution in [2.75, 3.05) is 0 Å². The molecule has 0 amide bonds. The molecule has 11 heavy (non-hydrogen) atoms. The second-order valence-electron chi connectivity index (χ2n) is 2.54. The van der Waals surface area contributed by atoms with Crippen molar-refractivity contribution < 1.29 is 5.11 Å². The van der Waals surface area contributed by atoms with Gasteiger partial charge in [-0.1, -0.05) is 19.6 Å². The van der Waals surface area contributed by atoms with Crippen LogP contribution >= 0.6 is 0 Å². The average Bonchev–Trinajstić information content (AvgIpc) is 2.03. The summed E-state index contributed by atoms with van der Waals surface area (Å²) in [6.07, 6.45) is 3.78. The minimum absolute atomic E-state index is 0.251. The molecular weight excluding hydrogens is 136 g/mol. The molecule has 0 saturated heterocycles. The van der Waals surface area contributed by atoms with E-state index in [0.717, 1.165) is 18.4 Å². The molecule has 0 saturated carbocycles. The Morgan fingerprint density at radius 1 is 1.73 bits per heavy atom. The van der Waals surface area contributed by atoms with Crippen molar-refractivity contribution in [1.29, 1.82) is 0 Å². The molecule has 1 heteroatoms. The molecule has 0 fully saturated rings. The van der Waals surface area contributed by atoms with E-state index in [1.54, 1.807) is 6.08 Å². The predicted octanol–water partition coefficient (Wildman–Crippen LogP) is 2.43. The van der Waals surface area contributed by atoms with E-state index in [2.05, 4.69) is 18.9 Å². The summed E-state index contributed by atoms with van der Waals surface area (Å²) in [6, 6.07) is 0. The predicted molar refractivity (Wildman–Crippen MR) is 48.4 cm³/mol. The highest BCUT2D eigenvalue weighted by Gasteiger charge is 2.02. The number of hydrogen-bond acceptors (Lipinski definition) is 1. The lowest BCUT2D eigenvalue weighted by molar-refractivity contribution is 0.170. The van der Waals surface area contributed by atoms with Gasteiger partial charge in [-0.05, 0) is 18.4 Å². The smallest absolute Gasteiger partial charge is 0.0580 e. The summed E-state index contributed by atoms with van der Waals surface area (Å²) in [5.74, 6) is 0. The Morgan fingerprint density at radius 3 is 2.73 bits per heavy atom. The molecule has 0 aromatic rings. The first-order chi connectivity index (χ1) is 5.24. The van der Waals surface area contributed by atoms with Crippen LogP contribution in [-0.2, 0) is 0 Å². The summed E-state index contributed by atoms with van der Waals surface area (Å²) in [7, 11) is 0. The normalized spacial score (nSPS) is 11.8. The zero-order valence-corrected chi connectivity index (χ0v) is 7.14. The highest BCUT2D eigenvalue weighted by molar-refractivity contribution is 5.04. The topological polar surface area (TPSA) is 20.2 Å². The van der Waals surface area contributed by atoms with Gasteiger partial charge in [0.1, 0.15) is 0 Å². The molecule has 0 aliphatic carbocycles. The molecule has 0 bridgehead atoms. The van der Waals surface area contributed by atoms with Crippen molar-refractivity contribution in [2.45, 2.75) is 32.3 Å². The van der Waals surface area contributed by atoms with Crippen LogP contribution in [-0.4, -0.2) is 11.2 Å². The van der Waals surface area contributed by atoms with Crippen LogP contribution in [0.3, 0.4) is 0 Å². The number of aliphatic hydroxyl groups is 1. The van der Waals surface area contributed by atoms with E-state index >= 15 is 0 Å². The van der Waals surface area contributed by atoms with Crippen LogP contribution in [0.25, 0.3) is 0 Å². The fourth-order valence-corrected chi connectivity index (χ4v) is 0.831. The molecule has 0 aromatic heterocycles. The fourth-order valence-electron chi connectivity index (χ4n) is 0.831. The Labute approximate surface area is 68.7 Å². The molecule has 0 aliphatic heterocycles. The van der Waals surface area contributed by atoms with Crippen LogP contribution < -0.4 is 0 Å². The first kappa shape index (κ1) is 10.2. The van der Waals surface area contributed by atoms with Crippen molar-refractivity contribution in [3.8, 4) is 0 Å². The van der Waals surface area contributed by atoms with Crippen LogP contribution in [0.1, 0.15) is 26.2 Å². The number of hydrogen-bond donors (Lipinski definition) is 1. The van der Waals surface area contributed by atoms with Gasteiger partial charge in [-0.2, -0.15) is 0 Å². The third-order valence-electron chi connectivity index (χ3n) is 1.59. The van der Waals surface area contributed by atoms with Gasteiger partial charge in [0.25, 0.3) is 0 Å². The fraction of sp³-hybridized carbons (Fsp3) is 0.500. The van der Waals surface area contributed by atoms with Crippen molar-refractivity contribution in [3.05, 3.63) is 30.5 Å². The molecule has 0 aliphatic rings. The van der Waals surface area contributed by atoms with Gasteiger partial charge in [0.15, 0.2) is 0 Å². The molecule has 1 nitrogen and oxygen atoms in total. The minimum atomic E-state index is -0.251. The quantitative estimate of drug-likeness (QED) is 0.474. The third-order valence-corrected chi connectivity index (χ3v) is 1.59. The van der Waals surface area contributed by atoms with Crippen molar-refractivity contribution in [1.82, 2.24) is 0 Å². The first-order valence-electron chi connectivity index (χ1n) is 3.91. The second-order valence-corrected chi connectivity index (χ2v) is 2.54. The molecule has 0 heterocycles. The van der Waals surface area contributed by atoms with E-state index in [9.17, 15) is 5.11 Å². The lowest BCUT2D eigenvalue weighted by Gasteiger charge is -2.07. The molecule has 0 radical (unpaired) electrons. The Balaban J connectivity index is 3.88. The summed E-state index contributed by atoms with van der Waals surface area (Å²) in [5.41, 5.74) is 3.84. The van der Waals surface area contributed by atoms with Gasteiger partial charge in [0, 0.05) is 6.42 Å². The SMILES string of the molecule is C=C=C(CC=C)C[C@H](O)CC. The Bertz CT molecular complexity index is 164. The second kappa shape index (κ2) is 5.96. The van der Waals surface area contributed by atoms with Gasteiger partial charge in [-0.25, -0.2) is 0 Å².